The Morgan fingerprint density at radius 2 is 2.38 bits per heavy atom. The Morgan fingerprint density at radius 1 is 1.62 bits per heavy atom. The Balaban J connectivity index is 2.84. The van der Waals surface area contributed by atoms with Crippen molar-refractivity contribution >= 4 is 19.2 Å². The molecule has 1 heterocycles. The van der Waals surface area contributed by atoms with E-state index in [1.54, 1.807) is 0 Å². The summed E-state index contributed by atoms with van der Waals surface area (Å²) in [5, 5.41) is 7.54. The molecular formula is C4H7N3Se. The monoisotopic (exact) mass is 177 g/mol. The van der Waals surface area contributed by atoms with Crippen molar-refractivity contribution in [2.24, 2.45) is 0 Å². The maximum atomic E-state index is 5.36. The summed E-state index contributed by atoms with van der Waals surface area (Å²) in [6.07, 6.45) is 0.990. The molecule has 2 N–H and O–H groups in total. The van der Waals surface area contributed by atoms with Gasteiger partial charge in [-0.25, -0.2) is 0 Å². The van der Waals surface area contributed by atoms with Crippen molar-refractivity contribution in [1.29, 1.82) is 0 Å². The Morgan fingerprint density at radius 3 is 2.62 bits per heavy atom. The zero-order valence-electron chi connectivity index (χ0n) is 4.59. The average molecular weight is 176 g/mol. The van der Waals surface area contributed by atoms with Gasteiger partial charge in [0.15, 0.2) is 0 Å². The molecule has 0 aliphatic heterocycles. The molecule has 8 heavy (non-hydrogen) atoms. The van der Waals surface area contributed by atoms with Gasteiger partial charge in [-0.05, 0) is 0 Å². The molecule has 1 rings (SSSR count). The van der Waals surface area contributed by atoms with Crippen LogP contribution >= 0.6 is 0 Å². The van der Waals surface area contributed by atoms with Crippen LogP contribution in [0.15, 0.2) is 0 Å². The molecule has 0 radical (unpaired) electrons. The zero-order chi connectivity index (χ0) is 5.98. The first kappa shape index (κ1) is 5.79. The van der Waals surface area contributed by atoms with Gasteiger partial charge in [-0.15, -0.1) is 0 Å². The van der Waals surface area contributed by atoms with E-state index in [-0.39, 0.29) is 14.5 Å². The van der Waals surface area contributed by atoms with E-state index in [1.807, 2.05) is 0 Å². The summed E-state index contributed by atoms with van der Waals surface area (Å²) in [5.74, 6) is 0. The molecular weight excluding hydrogens is 169 g/mol. The Kier molecular flexibility index (Phi) is 1.65. The third-order valence-electron chi connectivity index (χ3n) is 0.785. The molecule has 1 aromatic rings. The van der Waals surface area contributed by atoms with Crippen LogP contribution in [0.3, 0.4) is 0 Å². The number of hydrogen-bond acceptors (Lipinski definition) is 3. The van der Waals surface area contributed by atoms with Gasteiger partial charge in [0.05, 0.1) is 0 Å². The number of aryl methyl sites for hydroxylation is 1. The van der Waals surface area contributed by atoms with Crippen LogP contribution in [0.1, 0.15) is 11.5 Å². The van der Waals surface area contributed by atoms with Crippen LogP contribution < -0.4 is 5.73 Å². The molecule has 3 nitrogen and oxygen atoms in total. The van der Waals surface area contributed by atoms with Crippen LogP contribution in [0.4, 0.5) is 4.69 Å². The van der Waals surface area contributed by atoms with Crippen molar-refractivity contribution in [2.75, 3.05) is 5.73 Å². The predicted octanol–water partition coefficient (Wildman–Crippen LogP) is -0.322. The topological polar surface area (TPSA) is 51.8 Å². The van der Waals surface area contributed by atoms with Gasteiger partial charge in [-0.1, -0.05) is 0 Å². The van der Waals surface area contributed by atoms with Crippen molar-refractivity contribution in [1.82, 2.24) is 10.2 Å². The van der Waals surface area contributed by atoms with Crippen molar-refractivity contribution in [2.45, 2.75) is 13.3 Å². The fraction of sp³-hybridized carbons (Fsp3) is 0.500. The van der Waals surface area contributed by atoms with Gasteiger partial charge in [0, 0.05) is 0 Å². The SMILES string of the molecule is CCc1nnc(N)[se]1. The van der Waals surface area contributed by atoms with Gasteiger partial charge in [0.25, 0.3) is 0 Å². The van der Waals surface area contributed by atoms with Crippen LogP contribution in [0.2, 0.25) is 0 Å². The maximum absolute atomic E-state index is 5.36. The second-order valence-electron chi connectivity index (χ2n) is 1.39. The third-order valence-corrected chi connectivity index (χ3v) is 2.67. The second kappa shape index (κ2) is 2.29. The van der Waals surface area contributed by atoms with E-state index in [0.29, 0.717) is 4.69 Å². The molecule has 1 aromatic heterocycles. The summed E-state index contributed by atoms with van der Waals surface area (Å²) in [6, 6.07) is 0. The van der Waals surface area contributed by atoms with E-state index >= 15 is 0 Å². The van der Waals surface area contributed by atoms with E-state index in [4.69, 9.17) is 5.73 Å². The van der Waals surface area contributed by atoms with Gasteiger partial charge in [-0.3, -0.25) is 0 Å². The fourth-order valence-electron chi connectivity index (χ4n) is 0.409. The summed E-state index contributed by atoms with van der Waals surface area (Å²) < 4.78 is 1.85. The minimum absolute atomic E-state index is 0.273. The molecule has 0 fully saturated rings. The summed E-state index contributed by atoms with van der Waals surface area (Å²) in [5.41, 5.74) is 5.36. The van der Waals surface area contributed by atoms with Gasteiger partial charge < -0.3 is 0 Å². The number of nitrogens with zero attached hydrogens (tertiary/aromatic N) is 2. The Bertz CT molecular complexity index is 172. The first-order valence-electron chi connectivity index (χ1n) is 2.40. The van der Waals surface area contributed by atoms with Gasteiger partial charge >= 0.3 is 53.0 Å². The van der Waals surface area contributed by atoms with Crippen LogP contribution in [0.25, 0.3) is 0 Å². The number of aromatic nitrogens is 2. The molecule has 0 spiro atoms. The normalized spacial score (nSPS) is 9.62. The van der Waals surface area contributed by atoms with E-state index in [9.17, 15) is 0 Å². The molecule has 0 atom stereocenters. The third kappa shape index (κ3) is 1.08. The minimum atomic E-state index is 0.273. The molecule has 0 amide bonds. The van der Waals surface area contributed by atoms with Crippen LogP contribution in [0, 0.1) is 0 Å². The van der Waals surface area contributed by atoms with E-state index in [1.165, 1.54) is 0 Å². The van der Waals surface area contributed by atoms with E-state index < -0.39 is 0 Å². The van der Waals surface area contributed by atoms with Crippen molar-refractivity contribution < 1.29 is 0 Å². The first-order valence-corrected chi connectivity index (χ1v) is 4.12. The Labute approximate surface area is 53.7 Å². The molecule has 0 aliphatic carbocycles. The molecule has 0 aromatic carbocycles. The summed E-state index contributed by atoms with van der Waals surface area (Å²) >= 11 is 0.273. The average Bonchev–Trinajstić information content (AvgIpc) is 2.14. The standard InChI is InChI=1S/C4H7N3Se/c1-2-3-6-7-4(5)8-3/h2H2,1H3,(H2,5,7). The van der Waals surface area contributed by atoms with Gasteiger partial charge in [-0.2, -0.15) is 0 Å². The number of hydrogen-bond donors (Lipinski definition) is 1. The molecule has 0 saturated carbocycles. The number of rotatable bonds is 1. The van der Waals surface area contributed by atoms with Gasteiger partial charge in [0.1, 0.15) is 0 Å². The molecule has 0 bridgehead atoms. The van der Waals surface area contributed by atoms with Gasteiger partial charge in [0.2, 0.25) is 0 Å². The number of nitrogen functional groups attached to an aromatic ring is 1. The van der Waals surface area contributed by atoms with Crippen LogP contribution in [0.5, 0.6) is 0 Å². The van der Waals surface area contributed by atoms with Crippen LogP contribution in [-0.2, 0) is 6.42 Å². The molecule has 44 valence electrons. The van der Waals surface area contributed by atoms with E-state index in [0.717, 1.165) is 11.0 Å². The summed E-state index contributed by atoms with van der Waals surface area (Å²) in [4.78, 5) is 0. The molecule has 4 heteroatoms. The number of nitrogens with two attached hydrogens (primary N) is 1. The predicted molar refractivity (Wildman–Crippen MR) is 32.8 cm³/mol. The van der Waals surface area contributed by atoms with E-state index in [2.05, 4.69) is 17.1 Å². The first-order chi connectivity index (χ1) is 3.83. The Hall–Kier alpha value is -0.341. The second-order valence-corrected chi connectivity index (χ2v) is 3.68. The summed E-state index contributed by atoms with van der Waals surface area (Å²) in [6.45, 7) is 2.06. The van der Waals surface area contributed by atoms with Crippen LogP contribution in [-0.4, -0.2) is 24.7 Å². The van der Waals surface area contributed by atoms with Crippen molar-refractivity contribution in [3.05, 3.63) is 4.57 Å². The number of anilines is 1. The zero-order valence-corrected chi connectivity index (χ0v) is 6.30. The fourth-order valence-corrected chi connectivity index (χ4v) is 1.56. The summed E-state index contributed by atoms with van der Waals surface area (Å²) in [7, 11) is 0. The van der Waals surface area contributed by atoms with Crippen molar-refractivity contribution in [3.8, 4) is 0 Å². The molecule has 0 unspecified atom stereocenters. The molecule has 0 aliphatic rings. The quantitative estimate of drug-likeness (QED) is 0.596. The molecule has 0 saturated heterocycles. The van der Waals surface area contributed by atoms with Crippen molar-refractivity contribution in [3.63, 3.8) is 0 Å².